The van der Waals surface area contributed by atoms with Crippen LogP contribution in [0.1, 0.15) is 5.56 Å². The minimum atomic E-state index is 0.839. The number of nitrogens with one attached hydrogen (secondary N) is 1. The average molecular weight is 223 g/mol. The molecule has 0 aliphatic heterocycles. The SMILES string of the molecule is COc1ccc(NC#Cc2ccccc2)cc1. The molecule has 0 heterocycles. The quantitative estimate of drug-likeness (QED) is 0.624. The number of rotatable bonds is 2. The topological polar surface area (TPSA) is 21.3 Å². The normalized spacial score (nSPS) is 9.00. The Morgan fingerprint density at radius 1 is 0.941 bits per heavy atom. The minimum Gasteiger partial charge on any atom is -0.497 e. The number of hydrogen-bond donors (Lipinski definition) is 1. The molecule has 2 rings (SSSR count). The molecule has 0 atom stereocenters. The molecule has 0 unspecified atom stereocenters. The fourth-order valence-electron chi connectivity index (χ4n) is 1.37. The maximum Gasteiger partial charge on any atom is 0.119 e. The second-order valence-electron chi connectivity index (χ2n) is 3.47. The van der Waals surface area contributed by atoms with Crippen LogP contribution in [0.2, 0.25) is 0 Å². The second-order valence-corrected chi connectivity index (χ2v) is 3.47. The molecule has 0 saturated carbocycles. The van der Waals surface area contributed by atoms with Gasteiger partial charge in [0.25, 0.3) is 0 Å². The van der Waals surface area contributed by atoms with Crippen molar-refractivity contribution in [2.75, 3.05) is 12.4 Å². The molecule has 2 aromatic carbocycles. The molecule has 1 N–H and O–H groups in total. The van der Waals surface area contributed by atoms with Crippen LogP contribution in [0.5, 0.6) is 5.75 Å². The van der Waals surface area contributed by atoms with Gasteiger partial charge in [0.1, 0.15) is 5.75 Å². The van der Waals surface area contributed by atoms with Crippen molar-refractivity contribution >= 4 is 5.69 Å². The predicted molar refractivity (Wildman–Crippen MR) is 69.9 cm³/mol. The van der Waals surface area contributed by atoms with Crippen LogP contribution >= 0.6 is 0 Å². The van der Waals surface area contributed by atoms with E-state index in [1.54, 1.807) is 7.11 Å². The number of benzene rings is 2. The van der Waals surface area contributed by atoms with E-state index in [0.29, 0.717) is 0 Å². The van der Waals surface area contributed by atoms with Gasteiger partial charge in [0.15, 0.2) is 0 Å². The van der Waals surface area contributed by atoms with Gasteiger partial charge in [-0.3, -0.25) is 0 Å². The Morgan fingerprint density at radius 2 is 1.65 bits per heavy atom. The zero-order valence-electron chi connectivity index (χ0n) is 9.60. The van der Waals surface area contributed by atoms with E-state index in [2.05, 4.69) is 17.3 Å². The van der Waals surface area contributed by atoms with Crippen LogP contribution in [-0.4, -0.2) is 7.11 Å². The van der Waals surface area contributed by atoms with Gasteiger partial charge in [-0.15, -0.1) is 0 Å². The highest BCUT2D eigenvalue weighted by Gasteiger charge is 1.90. The molecule has 0 amide bonds. The van der Waals surface area contributed by atoms with Crippen molar-refractivity contribution in [3.8, 4) is 17.7 Å². The van der Waals surface area contributed by atoms with Gasteiger partial charge in [-0.1, -0.05) is 18.2 Å². The molecule has 17 heavy (non-hydrogen) atoms. The zero-order valence-corrected chi connectivity index (χ0v) is 9.60. The van der Waals surface area contributed by atoms with E-state index in [4.69, 9.17) is 4.74 Å². The van der Waals surface area contributed by atoms with E-state index >= 15 is 0 Å². The van der Waals surface area contributed by atoms with Gasteiger partial charge < -0.3 is 10.1 Å². The monoisotopic (exact) mass is 223 g/mol. The summed E-state index contributed by atoms with van der Waals surface area (Å²) < 4.78 is 5.08. The largest absolute Gasteiger partial charge is 0.497 e. The lowest BCUT2D eigenvalue weighted by molar-refractivity contribution is 0.415. The summed E-state index contributed by atoms with van der Waals surface area (Å²) in [4.78, 5) is 0. The summed E-state index contributed by atoms with van der Waals surface area (Å²) in [5, 5.41) is 3.03. The molecule has 2 heteroatoms. The third kappa shape index (κ3) is 3.29. The first-order chi connectivity index (χ1) is 8.38. The zero-order chi connectivity index (χ0) is 11.9. The number of methoxy groups -OCH3 is 1. The van der Waals surface area contributed by atoms with Crippen molar-refractivity contribution in [2.24, 2.45) is 0 Å². The highest BCUT2D eigenvalue weighted by Crippen LogP contribution is 2.14. The van der Waals surface area contributed by atoms with Crippen LogP contribution in [-0.2, 0) is 0 Å². The van der Waals surface area contributed by atoms with Crippen LogP contribution in [0.25, 0.3) is 0 Å². The van der Waals surface area contributed by atoms with Crippen molar-refractivity contribution in [1.82, 2.24) is 0 Å². The van der Waals surface area contributed by atoms with Gasteiger partial charge in [0.05, 0.1) is 7.11 Å². The smallest absolute Gasteiger partial charge is 0.119 e. The third-order valence-corrected chi connectivity index (χ3v) is 2.28. The van der Waals surface area contributed by atoms with Crippen molar-refractivity contribution in [2.45, 2.75) is 0 Å². The summed E-state index contributed by atoms with van der Waals surface area (Å²) >= 11 is 0. The van der Waals surface area contributed by atoms with E-state index in [-0.39, 0.29) is 0 Å². The molecule has 0 saturated heterocycles. The Kier molecular flexibility index (Phi) is 3.67. The Balaban J connectivity index is 2.00. The van der Waals surface area contributed by atoms with Gasteiger partial charge >= 0.3 is 0 Å². The molecule has 0 aliphatic rings. The third-order valence-electron chi connectivity index (χ3n) is 2.28. The number of anilines is 1. The first kappa shape index (κ1) is 11.1. The highest BCUT2D eigenvalue weighted by atomic mass is 16.5. The molecule has 0 fully saturated rings. The average Bonchev–Trinajstić information content (AvgIpc) is 2.41. The summed E-state index contributed by atoms with van der Waals surface area (Å²) in [5.41, 5.74) is 1.95. The van der Waals surface area contributed by atoms with E-state index in [1.807, 2.05) is 54.6 Å². The number of ether oxygens (including phenoxy) is 1. The summed E-state index contributed by atoms with van der Waals surface area (Å²) in [6, 6.07) is 20.4. The van der Waals surface area contributed by atoms with Gasteiger partial charge in [-0.2, -0.15) is 0 Å². The molecule has 0 aliphatic carbocycles. The fraction of sp³-hybridized carbons (Fsp3) is 0.0667. The van der Waals surface area contributed by atoms with Crippen molar-refractivity contribution in [1.29, 1.82) is 0 Å². The van der Waals surface area contributed by atoms with E-state index in [1.165, 1.54) is 0 Å². The lowest BCUT2D eigenvalue weighted by Gasteiger charge is -2.00. The van der Waals surface area contributed by atoms with Crippen LogP contribution in [0, 0.1) is 12.0 Å². The molecule has 84 valence electrons. The molecule has 0 bridgehead atoms. The van der Waals surface area contributed by atoms with E-state index in [0.717, 1.165) is 17.0 Å². The van der Waals surface area contributed by atoms with Gasteiger partial charge in [-0.25, -0.2) is 0 Å². The Labute approximate surface area is 101 Å². The Morgan fingerprint density at radius 3 is 2.29 bits per heavy atom. The lowest BCUT2D eigenvalue weighted by atomic mass is 10.2. The van der Waals surface area contributed by atoms with Gasteiger partial charge in [0.2, 0.25) is 0 Å². The summed E-state index contributed by atoms with van der Waals surface area (Å²) in [6.45, 7) is 0. The van der Waals surface area contributed by atoms with Crippen molar-refractivity contribution in [3.05, 3.63) is 60.2 Å². The first-order valence-corrected chi connectivity index (χ1v) is 5.34. The minimum absolute atomic E-state index is 0.839. The highest BCUT2D eigenvalue weighted by molar-refractivity contribution is 5.51. The van der Waals surface area contributed by atoms with Crippen LogP contribution < -0.4 is 10.1 Å². The van der Waals surface area contributed by atoms with Crippen LogP contribution in [0.15, 0.2) is 54.6 Å². The molecule has 0 aromatic heterocycles. The van der Waals surface area contributed by atoms with E-state index < -0.39 is 0 Å². The maximum atomic E-state index is 5.08. The molecule has 2 nitrogen and oxygen atoms in total. The molecular weight excluding hydrogens is 210 g/mol. The van der Waals surface area contributed by atoms with Crippen molar-refractivity contribution < 1.29 is 4.74 Å². The van der Waals surface area contributed by atoms with Crippen LogP contribution in [0.3, 0.4) is 0 Å². The van der Waals surface area contributed by atoms with Crippen molar-refractivity contribution in [3.63, 3.8) is 0 Å². The second kappa shape index (κ2) is 5.62. The first-order valence-electron chi connectivity index (χ1n) is 5.34. The molecule has 0 radical (unpaired) electrons. The summed E-state index contributed by atoms with van der Waals surface area (Å²) in [7, 11) is 1.65. The Hall–Kier alpha value is -2.40. The Bertz CT molecular complexity index is 520. The summed E-state index contributed by atoms with van der Waals surface area (Å²) in [6.07, 6.45) is 0. The lowest BCUT2D eigenvalue weighted by Crippen LogP contribution is -1.88. The number of hydrogen-bond acceptors (Lipinski definition) is 2. The van der Waals surface area contributed by atoms with E-state index in [9.17, 15) is 0 Å². The fourth-order valence-corrected chi connectivity index (χ4v) is 1.37. The standard InChI is InChI=1S/C15H13NO/c1-17-15-9-7-14(8-10-15)16-12-11-13-5-3-2-4-6-13/h2-10,16H,1H3. The van der Waals surface area contributed by atoms with Gasteiger partial charge in [0, 0.05) is 17.3 Å². The molecule has 0 spiro atoms. The predicted octanol–water partition coefficient (Wildman–Crippen LogP) is 3.12. The molecule has 2 aromatic rings. The summed E-state index contributed by atoms with van der Waals surface area (Å²) in [5.74, 6) is 3.87. The maximum absolute atomic E-state index is 5.08. The molecular formula is C15H13NO. The van der Waals surface area contributed by atoms with Gasteiger partial charge in [-0.05, 0) is 42.3 Å². The van der Waals surface area contributed by atoms with Crippen LogP contribution in [0.4, 0.5) is 5.69 Å².